The van der Waals surface area contributed by atoms with Gasteiger partial charge in [-0.2, -0.15) is 0 Å². The third kappa shape index (κ3) is 2.72. The standard InChI is InChI=1S/C15H19Cl2N3O2/c1-14(9-15(14,16)17)13(22)20-7-4-10(5-8-20)19-12(21)11-3-2-6-18-11/h2-3,6,10,18H,4-5,7-9H2,1H3,(H,19,21)/t14-/m0/s1. The molecule has 2 aliphatic rings. The first-order chi connectivity index (χ1) is 10.3. The molecule has 1 atom stereocenters. The maximum atomic E-state index is 12.5. The number of nitrogens with zero attached hydrogens (tertiary/aromatic N) is 1. The van der Waals surface area contributed by atoms with Crippen LogP contribution in [0.2, 0.25) is 0 Å². The van der Waals surface area contributed by atoms with Crippen LogP contribution in [0.25, 0.3) is 0 Å². The van der Waals surface area contributed by atoms with Crippen LogP contribution in [0.5, 0.6) is 0 Å². The number of halogens is 2. The van der Waals surface area contributed by atoms with Gasteiger partial charge < -0.3 is 15.2 Å². The van der Waals surface area contributed by atoms with Gasteiger partial charge in [0.05, 0.1) is 5.41 Å². The topological polar surface area (TPSA) is 65.2 Å². The highest BCUT2D eigenvalue weighted by molar-refractivity contribution is 6.53. The minimum absolute atomic E-state index is 0.0200. The summed E-state index contributed by atoms with van der Waals surface area (Å²) >= 11 is 12.1. The van der Waals surface area contributed by atoms with E-state index in [0.29, 0.717) is 25.2 Å². The van der Waals surface area contributed by atoms with Crippen LogP contribution in [0.15, 0.2) is 18.3 Å². The minimum atomic E-state index is -0.928. The Morgan fingerprint density at radius 3 is 2.50 bits per heavy atom. The van der Waals surface area contributed by atoms with E-state index in [0.717, 1.165) is 12.8 Å². The fourth-order valence-electron chi connectivity index (χ4n) is 2.94. The normalized spacial score (nSPS) is 27.5. The molecule has 2 amide bonds. The van der Waals surface area contributed by atoms with Crippen molar-refractivity contribution in [2.75, 3.05) is 13.1 Å². The highest BCUT2D eigenvalue weighted by Gasteiger charge is 2.68. The number of aromatic amines is 1. The Morgan fingerprint density at radius 1 is 1.36 bits per heavy atom. The lowest BCUT2D eigenvalue weighted by Crippen LogP contribution is -2.48. The molecule has 2 heterocycles. The minimum Gasteiger partial charge on any atom is -0.357 e. The van der Waals surface area contributed by atoms with E-state index in [1.807, 2.05) is 11.8 Å². The second-order valence-electron chi connectivity index (χ2n) is 6.34. The summed E-state index contributed by atoms with van der Waals surface area (Å²) in [5, 5.41) is 2.99. The van der Waals surface area contributed by atoms with Crippen molar-refractivity contribution in [1.82, 2.24) is 15.2 Å². The molecule has 1 aliphatic carbocycles. The predicted octanol–water partition coefficient (Wildman–Crippen LogP) is 2.32. The lowest BCUT2D eigenvalue weighted by atomic mass is 10.0. The number of hydrogen-bond donors (Lipinski definition) is 2. The van der Waals surface area contributed by atoms with Gasteiger partial charge in [-0.05, 0) is 38.3 Å². The van der Waals surface area contributed by atoms with Crippen LogP contribution in [0.1, 0.15) is 36.7 Å². The molecule has 1 saturated carbocycles. The molecule has 2 N–H and O–H groups in total. The van der Waals surface area contributed by atoms with Crippen molar-refractivity contribution in [3.8, 4) is 0 Å². The summed E-state index contributed by atoms with van der Waals surface area (Å²) in [6.45, 7) is 3.05. The van der Waals surface area contributed by atoms with Crippen LogP contribution in [0, 0.1) is 5.41 Å². The summed E-state index contributed by atoms with van der Waals surface area (Å²) in [4.78, 5) is 29.2. The summed E-state index contributed by atoms with van der Waals surface area (Å²) in [5.74, 6) is -0.0869. The highest BCUT2D eigenvalue weighted by Crippen LogP contribution is 2.64. The molecule has 0 spiro atoms. The van der Waals surface area contributed by atoms with Gasteiger partial charge >= 0.3 is 0 Å². The first-order valence-corrected chi connectivity index (χ1v) is 8.20. The van der Waals surface area contributed by atoms with E-state index in [2.05, 4.69) is 10.3 Å². The van der Waals surface area contributed by atoms with Crippen molar-refractivity contribution >= 4 is 35.0 Å². The van der Waals surface area contributed by atoms with Gasteiger partial charge in [0, 0.05) is 25.3 Å². The van der Waals surface area contributed by atoms with E-state index in [4.69, 9.17) is 23.2 Å². The lowest BCUT2D eigenvalue weighted by Gasteiger charge is -2.34. The third-order valence-corrected chi connectivity index (χ3v) is 5.79. The summed E-state index contributed by atoms with van der Waals surface area (Å²) in [5.41, 5.74) is -0.103. The molecular weight excluding hydrogens is 325 g/mol. The Hall–Kier alpha value is -1.20. The van der Waals surface area contributed by atoms with Gasteiger partial charge in [0.1, 0.15) is 10.0 Å². The number of likely N-dealkylation sites (tertiary alicyclic amines) is 1. The van der Waals surface area contributed by atoms with Gasteiger partial charge in [-0.1, -0.05) is 0 Å². The molecule has 0 radical (unpaired) electrons. The predicted molar refractivity (Wildman–Crippen MR) is 85.0 cm³/mol. The SMILES string of the molecule is C[C@@]1(C(=O)N2CCC(NC(=O)c3ccc[nH]3)CC2)CC1(Cl)Cl. The number of piperidine rings is 1. The van der Waals surface area contributed by atoms with Gasteiger partial charge in [-0.25, -0.2) is 0 Å². The highest BCUT2D eigenvalue weighted by atomic mass is 35.5. The molecular formula is C15H19Cl2N3O2. The number of nitrogens with one attached hydrogen (secondary N) is 2. The number of carbonyl (C=O) groups excluding carboxylic acids is 2. The Labute approximate surface area is 139 Å². The molecule has 0 bridgehead atoms. The molecule has 1 saturated heterocycles. The average molecular weight is 344 g/mol. The van der Waals surface area contributed by atoms with Gasteiger partial charge in [0.2, 0.25) is 5.91 Å². The number of H-pyrrole nitrogens is 1. The first kappa shape index (κ1) is 15.7. The van der Waals surface area contributed by atoms with Crippen molar-refractivity contribution in [1.29, 1.82) is 0 Å². The van der Waals surface area contributed by atoms with Crippen LogP contribution in [-0.4, -0.2) is 45.2 Å². The largest absolute Gasteiger partial charge is 0.357 e. The van der Waals surface area contributed by atoms with Crippen molar-refractivity contribution < 1.29 is 9.59 Å². The number of aromatic nitrogens is 1. The van der Waals surface area contributed by atoms with E-state index in [1.165, 1.54) is 0 Å². The smallest absolute Gasteiger partial charge is 0.267 e. The Bertz CT molecular complexity index is 580. The monoisotopic (exact) mass is 343 g/mol. The van der Waals surface area contributed by atoms with Crippen LogP contribution < -0.4 is 5.32 Å². The number of alkyl halides is 2. The van der Waals surface area contributed by atoms with Gasteiger partial charge in [-0.3, -0.25) is 9.59 Å². The molecule has 1 aromatic heterocycles. The number of hydrogen-bond acceptors (Lipinski definition) is 2. The maximum absolute atomic E-state index is 12.5. The Morgan fingerprint density at radius 2 is 2.00 bits per heavy atom. The summed E-state index contributed by atoms with van der Waals surface area (Å²) in [6.07, 6.45) is 3.71. The molecule has 3 rings (SSSR count). The van der Waals surface area contributed by atoms with Gasteiger partial charge in [0.15, 0.2) is 0 Å². The molecule has 5 nitrogen and oxygen atoms in total. The molecule has 0 unspecified atom stereocenters. The average Bonchev–Trinajstić information content (AvgIpc) is 2.88. The molecule has 7 heteroatoms. The number of amides is 2. The van der Waals surface area contributed by atoms with E-state index in [9.17, 15) is 9.59 Å². The second kappa shape index (κ2) is 5.46. The van der Waals surface area contributed by atoms with Gasteiger partial charge in [0.25, 0.3) is 5.91 Å². The molecule has 1 aromatic rings. The summed E-state index contributed by atoms with van der Waals surface area (Å²) < 4.78 is -0.928. The van der Waals surface area contributed by atoms with E-state index >= 15 is 0 Å². The van der Waals surface area contributed by atoms with E-state index in [1.54, 1.807) is 18.3 Å². The first-order valence-electron chi connectivity index (χ1n) is 7.45. The molecule has 1 aliphatic heterocycles. The van der Waals surface area contributed by atoms with Crippen LogP contribution >= 0.6 is 23.2 Å². The number of rotatable bonds is 3. The quantitative estimate of drug-likeness (QED) is 0.827. The van der Waals surface area contributed by atoms with E-state index in [-0.39, 0.29) is 17.9 Å². The lowest BCUT2D eigenvalue weighted by molar-refractivity contribution is -0.137. The summed E-state index contributed by atoms with van der Waals surface area (Å²) in [7, 11) is 0. The third-order valence-electron chi connectivity index (χ3n) is 4.69. The molecule has 2 fully saturated rings. The van der Waals surface area contributed by atoms with Crippen molar-refractivity contribution in [2.24, 2.45) is 5.41 Å². The van der Waals surface area contributed by atoms with Crippen molar-refractivity contribution in [3.05, 3.63) is 24.0 Å². The fraction of sp³-hybridized carbons (Fsp3) is 0.600. The molecule has 22 heavy (non-hydrogen) atoms. The van der Waals surface area contributed by atoms with E-state index < -0.39 is 9.75 Å². The fourth-order valence-corrected chi connectivity index (χ4v) is 3.64. The van der Waals surface area contributed by atoms with Crippen LogP contribution in [0.3, 0.4) is 0 Å². The molecule has 0 aromatic carbocycles. The zero-order valence-corrected chi connectivity index (χ0v) is 13.9. The maximum Gasteiger partial charge on any atom is 0.267 e. The van der Waals surface area contributed by atoms with Crippen LogP contribution in [-0.2, 0) is 4.79 Å². The summed E-state index contributed by atoms with van der Waals surface area (Å²) in [6, 6.07) is 3.61. The second-order valence-corrected chi connectivity index (χ2v) is 7.82. The number of carbonyl (C=O) groups is 2. The van der Waals surface area contributed by atoms with Crippen molar-refractivity contribution in [3.63, 3.8) is 0 Å². The Kier molecular flexibility index (Phi) is 3.89. The van der Waals surface area contributed by atoms with Crippen molar-refractivity contribution in [2.45, 2.75) is 36.6 Å². The zero-order valence-electron chi connectivity index (χ0n) is 12.4. The Balaban J connectivity index is 1.51. The zero-order chi connectivity index (χ0) is 16.0. The van der Waals surface area contributed by atoms with Gasteiger partial charge in [-0.15, -0.1) is 23.2 Å². The molecule has 120 valence electrons. The van der Waals surface area contributed by atoms with Crippen LogP contribution in [0.4, 0.5) is 0 Å².